The van der Waals surface area contributed by atoms with E-state index in [1.165, 1.54) is 6.08 Å². The van der Waals surface area contributed by atoms with E-state index in [0.717, 1.165) is 12.8 Å². The summed E-state index contributed by atoms with van der Waals surface area (Å²) < 4.78 is 0. The zero-order valence-electron chi connectivity index (χ0n) is 7.67. The second kappa shape index (κ2) is 11.7. The Morgan fingerprint density at radius 1 is 1.55 bits per heavy atom. The molecule has 0 aromatic rings. The summed E-state index contributed by atoms with van der Waals surface area (Å²) in [5.74, 6) is 0. The van der Waals surface area contributed by atoms with Crippen LogP contribution in [0.2, 0.25) is 0 Å². The number of nitrogens with zero attached hydrogens (tertiary/aromatic N) is 2. The lowest BCUT2D eigenvalue weighted by molar-refractivity contribution is 0.954. The summed E-state index contributed by atoms with van der Waals surface area (Å²) in [5.41, 5.74) is 0.553. The first-order valence-corrected chi connectivity index (χ1v) is 4.02. The van der Waals surface area contributed by atoms with Crippen molar-refractivity contribution in [3.8, 4) is 0 Å². The molecule has 0 unspecified atom stereocenters. The minimum absolute atomic E-state index is 0.553. The maximum atomic E-state index is 8.24. The van der Waals surface area contributed by atoms with Gasteiger partial charge in [0.25, 0.3) is 0 Å². The number of allylic oxidation sites excluding steroid dienone is 2. The maximum Gasteiger partial charge on any atom is 0.380 e. The Balaban J connectivity index is 0. The average Bonchev–Trinajstić information content (AvgIpc) is 2.10. The van der Waals surface area contributed by atoms with E-state index < -0.39 is 0 Å². The quantitative estimate of drug-likeness (QED) is 0.448. The highest BCUT2D eigenvalue weighted by atomic mass is 14.8. The molecule has 0 saturated heterocycles. The maximum absolute atomic E-state index is 8.24. The second-order valence-corrected chi connectivity index (χ2v) is 1.72. The Hall–Kier alpha value is -1.10. The Labute approximate surface area is 69.2 Å². The lowest BCUT2D eigenvalue weighted by atomic mass is 10.3. The summed E-state index contributed by atoms with van der Waals surface area (Å²) in [7, 11) is 0. The van der Waals surface area contributed by atoms with Crippen LogP contribution in [0.25, 0.3) is 4.98 Å². The van der Waals surface area contributed by atoms with Gasteiger partial charge in [-0.3, -0.25) is 0 Å². The van der Waals surface area contributed by atoms with Gasteiger partial charge in [0.1, 0.15) is 0 Å². The third kappa shape index (κ3) is 8.90. The predicted molar refractivity (Wildman–Crippen MR) is 49.6 cm³/mol. The van der Waals surface area contributed by atoms with Gasteiger partial charge in [-0.25, -0.2) is 0 Å². The van der Waals surface area contributed by atoms with Crippen LogP contribution < -0.4 is 0 Å². The highest BCUT2D eigenvalue weighted by molar-refractivity contribution is 5.21. The van der Waals surface area contributed by atoms with Crippen molar-refractivity contribution in [2.45, 2.75) is 33.6 Å². The Morgan fingerprint density at radius 2 is 2.09 bits per heavy atom. The van der Waals surface area contributed by atoms with Gasteiger partial charge < -0.3 is 0 Å². The number of hydrogen-bond acceptors (Lipinski definition) is 1. The molecule has 0 aliphatic heterocycles. The molecule has 0 bridgehead atoms. The van der Waals surface area contributed by atoms with Crippen LogP contribution in [0, 0.1) is 5.39 Å². The number of rotatable bonds is 3. The third-order valence-corrected chi connectivity index (χ3v) is 0.967. The third-order valence-electron chi connectivity index (χ3n) is 0.967. The SMILES string of the molecule is C=C/C(=C\CCC)[N+]#N.CC. The van der Waals surface area contributed by atoms with Gasteiger partial charge >= 0.3 is 5.70 Å². The molecule has 2 heteroatoms. The lowest BCUT2D eigenvalue weighted by Gasteiger charge is -1.75. The van der Waals surface area contributed by atoms with Crippen molar-refractivity contribution in [2.75, 3.05) is 0 Å². The summed E-state index contributed by atoms with van der Waals surface area (Å²) in [4.78, 5) is 2.99. The fraction of sp³-hybridized carbons (Fsp3) is 0.556. The number of unbranched alkanes of at least 4 members (excludes halogenated alkanes) is 1. The van der Waals surface area contributed by atoms with Gasteiger partial charge in [0.15, 0.2) is 4.98 Å². The molecule has 0 fully saturated rings. The van der Waals surface area contributed by atoms with Gasteiger partial charge in [-0.15, -0.1) is 0 Å². The topological polar surface area (TPSA) is 28.1 Å². The monoisotopic (exact) mass is 153 g/mol. The first-order chi connectivity index (χ1) is 5.35. The fourth-order valence-corrected chi connectivity index (χ4v) is 0.457. The molecular weight excluding hydrogens is 136 g/mol. The van der Waals surface area contributed by atoms with Gasteiger partial charge in [0.2, 0.25) is 5.39 Å². The van der Waals surface area contributed by atoms with Crippen LogP contribution in [0.4, 0.5) is 0 Å². The average molecular weight is 153 g/mol. The van der Waals surface area contributed by atoms with E-state index >= 15 is 0 Å². The summed E-state index contributed by atoms with van der Waals surface area (Å²) >= 11 is 0. The molecule has 0 aromatic heterocycles. The van der Waals surface area contributed by atoms with E-state index in [0.29, 0.717) is 5.70 Å². The first kappa shape index (κ1) is 12.6. The lowest BCUT2D eigenvalue weighted by Crippen LogP contribution is -1.66. The van der Waals surface area contributed by atoms with Crippen molar-refractivity contribution in [2.24, 2.45) is 0 Å². The van der Waals surface area contributed by atoms with Gasteiger partial charge in [-0.2, -0.15) is 0 Å². The van der Waals surface area contributed by atoms with Crippen LogP contribution in [0.15, 0.2) is 24.4 Å². The van der Waals surface area contributed by atoms with Gasteiger partial charge in [-0.1, -0.05) is 33.8 Å². The van der Waals surface area contributed by atoms with Crippen molar-refractivity contribution in [3.63, 3.8) is 0 Å². The van der Waals surface area contributed by atoms with Crippen molar-refractivity contribution in [1.29, 1.82) is 5.39 Å². The van der Waals surface area contributed by atoms with E-state index in [9.17, 15) is 0 Å². The molecule has 0 atom stereocenters. The molecule has 0 aliphatic rings. The molecule has 0 radical (unpaired) electrons. The molecule has 0 saturated carbocycles. The highest BCUT2D eigenvalue weighted by Crippen LogP contribution is 2.00. The van der Waals surface area contributed by atoms with Crippen LogP contribution in [-0.4, -0.2) is 0 Å². The first-order valence-electron chi connectivity index (χ1n) is 4.02. The molecule has 0 heterocycles. The molecule has 62 valence electrons. The molecule has 0 aliphatic carbocycles. The molecule has 0 aromatic carbocycles. The minimum Gasteiger partial charge on any atom is -0.0910 e. The van der Waals surface area contributed by atoms with Crippen LogP contribution in [0.1, 0.15) is 33.6 Å². The predicted octanol–water partition coefficient (Wildman–Crippen LogP) is 3.74. The molecular formula is C9H17N2+. The Bertz CT molecular complexity index is 151. The van der Waals surface area contributed by atoms with Crippen molar-refractivity contribution in [1.82, 2.24) is 0 Å². The van der Waals surface area contributed by atoms with E-state index in [1.54, 1.807) is 0 Å². The molecule has 0 amide bonds. The molecule has 2 nitrogen and oxygen atoms in total. The smallest absolute Gasteiger partial charge is 0.0910 e. The second-order valence-electron chi connectivity index (χ2n) is 1.72. The van der Waals surface area contributed by atoms with E-state index in [2.05, 4.69) is 18.5 Å². The molecule has 0 N–H and O–H groups in total. The van der Waals surface area contributed by atoms with Gasteiger partial charge in [0, 0.05) is 12.2 Å². The van der Waals surface area contributed by atoms with Crippen LogP contribution in [0.5, 0.6) is 0 Å². The zero-order chi connectivity index (χ0) is 9.11. The van der Waals surface area contributed by atoms with Crippen molar-refractivity contribution >= 4 is 0 Å². The number of hydrogen-bond donors (Lipinski definition) is 0. The van der Waals surface area contributed by atoms with Gasteiger partial charge in [0.05, 0.1) is 0 Å². The largest absolute Gasteiger partial charge is 0.380 e. The minimum atomic E-state index is 0.553. The summed E-state index contributed by atoms with van der Waals surface area (Å²) in [5, 5.41) is 8.24. The van der Waals surface area contributed by atoms with E-state index in [4.69, 9.17) is 5.39 Å². The molecule has 11 heavy (non-hydrogen) atoms. The van der Waals surface area contributed by atoms with Crippen LogP contribution in [0.3, 0.4) is 0 Å². The van der Waals surface area contributed by atoms with Crippen molar-refractivity contribution in [3.05, 3.63) is 29.4 Å². The van der Waals surface area contributed by atoms with Crippen LogP contribution >= 0.6 is 0 Å². The van der Waals surface area contributed by atoms with Crippen LogP contribution in [-0.2, 0) is 0 Å². The Kier molecular flexibility index (Phi) is 13.3. The van der Waals surface area contributed by atoms with Crippen molar-refractivity contribution < 1.29 is 0 Å². The summed E-state index contributed by atoms with van der Waals surface area (Å²) in [6, 6.07) is 0. The normalized spacial score (nSPS) is 9.09. The van der Waals surface area contributed by atoms with E-state index in [-0.39, 0.29) is 0 Å². The summed E-state index contributed by atoms with van der Waals surface area (Å²) in [6.07, 6.45) is 5.36. The molecule has 0 spiro atoms. The molecule has 0 rings (SSSR count). The summed E-state index contributed by atoms with van der Waals surface area (Å²) in [6.45, 7) is 9.53. The van der Waals surface area contributed by atoms with Gasteiger partial charge in [-0.05, 0) is 6.42 Å². The van der Waals surface area contributed by atoms with E-state index in [1.807, 2.05) is 19.9 Å². The zero-order valence-corrected chi connectivity index (χ0v) is 7.67. The standard InChI is InChI=1S/C7H11N2.C2H6/c1-3-5-6-7(4-2)9-8;1-2/h4,6H,2-3,5H2,1H3;1-2H3/q+1;/b7-6+;. The highest BCUT2D eigenvalue weighted by Gasteiger charge is 1.99. The Morgan fingerprint density at radius 3 is 2.36 bits per heavy atom. The fourth-order valence-electron chi connectivity index (χ4n) is 0.457. The number of diazo groups is 1.